The Morgan fingerprint density at radius 1 is 1.18 bits per heavy atom. The fourth-order valence-electron chi connectivity index (χ4n) is 3.56. The maximum Gasteiger partial charge on any atom is 0.322 e. The maximum atomic E-state index is 13.0. The highest BCUT2D eigenvalue weighted by Gasteiger charge is 2.32. The van der Waals surface area contributed by atoms with Crippen molar-refractivity contribution in [2.75, 3.05) is 11.9 Å². The van der Waals surface area contributed by atoms with Crippen LogP contribution >= 0.6 is 0 Å². The van der Waals surface area contributed by atoms with Gasteiger partial charge in [-0.15, -0.1) is 5.10 Å². The summed E-state index contributed by atoms with van der Waals surface area (Å²) in [5.74, 6) is 0.437. The highest BCUT2D eigenvalue weighted by molar-refractivity contribution is 7.89. The fourth-order valence-corrected chi connectivity index (χ4v) is 5.33. The molecule has 0 bridgehead atoms. The quantitative estimate of drug-likeness (QED) is 0.793. The molecule has 8 nitrogen and oxygen atoms in total. The third-order valence-electron chi connectivity index (χ3n) is 5.36. The molecule has 1 N–H and O–H groups in total. The minimum Gasteiger partial charge on any atom is -0.408 e. The summed E-state index contributed by atoms with van der Waals surface area (Å²) in [6, 6.07) is 6.07. The van der Waals surface area contributed by atoms with E-state index >= 15 is 0 Å². The highest BCUT2D eigenvalue weighted by atomic mass is 32.2. The van der Waals surface area contributed by atoms with Crippen LogP contribution in [0.25, 0.3) is 0 Å². The molecule has 1 aromatic heterocycles. The van der Waals surface area contributed by atoms with Gasteiger partial charge in [0.1, 0.15) is 0 Å². The number of anilines is 1. The Morgan fingerprint density at radius 3 is 2.61 bits per heavy atom. The van der Waals surface area contributed by atoms with Crippen LogP contribution in [0.15, 0.2) is 33.6 Å². The summed E-state index contributed by atoms with van der Waals surface area (Å²) < 4.78 is 33.0. The summed E-state index contributed by atoms with van der Waals surface area (Å²) >= 11 is 0. The van der Waals surface area contributed by atoms with E-state index < -0.39 is 15.9 Å². The average Bonchev–Trinajstić information content (AvgIpc) is 3.47. The third kappa shape index (κ3) is 3.81. The molecule has 2 aromatic rings. The first-order valence-corrected chi connectivity index (χ1v) is 11.2. The second kappa shape index (κ2) is 7.63. The monoisotopic (exact) mass is 404 g/mol. The first-order valence-electron chi connectivity index (χ1n) is 9.75. The lowest BCUT2D eigenvalue weighted by Crippen LogP contribution is -2.43. The number of hydrogen-bond acceptors (Lipinski definition) is 6. The van der Waals surface area contributed by atoms with Crippen molar-refractivity contribution >= 4 is 21.9 Å². The van der Waals surface area contributed by atoms with Crippen LogP contribution in [0, 0.1) is 0 Å². The molecule has 4 rings (SSSR count). The van der Waals surface area contributed by atoms with Crippen LogP contribution in [0.1, 0.15) is 67.6 Å². The second-order valence-electron chi connectivity index (χ2n) is 7.37. The lowest BCUT2D eigenvalue weighted by atomic mass is 10.0. The summed E-state index contributed by atoms with van der Waals surface area (Å²) in [5.41, 5.74) is 0.329. The number of carbonyl (C=O) groups is 1. The molecule has 28 heavy (non-hydrogen) atoms. The average molecular weight is 404 g/mol. The molecule has 1 aliphatic carbocycles. The van der Waals surface area contributed by atoms with E-state index in [0.717, 1.165) is 38.5 Å². The smallest absolute Gasteiger partial charge is 0.322 e. The van der Waals surface area contributed by atoms with E-state index in [1.54, 1.807) is 4.31 Å². The molecule has 1 aliphatic heterocycles. The number of benzene rings is 1. The minimum atomic E-state index is -3.56. The van der Waals surface area contributed by atoms with E-state index in [-0.39, 0.29) is 17.0 Å². The molecule has 2 aliphatic rings. The third-order valence-corrected chi connectivity index (χ3v) is 7.32. The summed E-state index contributed by atoms with van der Waals surface area (Å²) in [5, 5.41) is 10.3. The lowest BCUT2D eigenvalue weighted by molar-refractivity contribution is 0.102. The van der Waals surface area contributed by atoms with Crippen molar-refractivity contribution in [3.05, 3.63) is 35.7 Å². The summed E-state index contributed by atoms with van der Waals surface area (Å²) in [6.45, 7) is 2.56. The van der Waals surface area contributed by atoms with Gasteiger partial charge in [0.25, 0.3) is 5.91 Å². The molecule has 2 heterocycles. The van der Waals surface area contributed by atoms with Crippen LogP contribution in [0.4, 0.5) is 6.01 Å². The molecule has 9 heteroatoms. The van der Waals surface area contributed by atoms with Crippen molar-refractivity contribution in [3.63, 3.8) is 0 Å². The second-order valence-corrected chi connectivity index (χ2v) is 9.26. The molecular weight excluding hydrogens is 380 g/mol. The molecule has 1 atom stereocenters. The Kier molecular flexibility index (Phi) is 5.20. The number of aromatic nitrogens is 2. The van der Waals surface area contributed by atoms with Crippen molar-refractivity contribution < 1.29 is 17.6 Å². The number of nitrogens with one attached hydrogen (secondary N) is 1. The molecule has 1 saturated carbocycles. The van der Waals surface area contributed by atoms with Gasteiger partial charge in [0.05, 0.1) is 4.90 Å². The van der Waals surface area contributed by atoms with Gasteiger partial charge >= 0.3 is 6.01 Å². The Hall–Kier alpha value is -2.26. The standard InChI is InChI=1S/C19H24N4O4S/c1-2-15-5-3-4-12-23(15)28(25,26)16-10-8-13(9-11-16)17(24)20-19-22-21-18(27-19)14-6-7-14/h8-11,14-15H,2-7,12H2,1H3,(H,20,22,24)/t15-/m0/s1. The first kappa shape index (κ1) is 19.1. The number of sulfonamides is 1. The van der Waals surface area contributed by atoms with E-state index in [9.17, 15) is 13.2 Å². The van der Waals surface area contributed by atoms with Gasteiger partial charge in [0.15, 0.2) is 0 Å². The van der Waals surface area contributed by atoms with E-state index in [1.165, 1.54) is 24.3 Å². The fraction of sp³-hybridized carbons (Fsp3) is 0.526. The van der Waals surface area contributed by atoms with Crippen LogP contribution in [-0.4, -0.2) is 41.4 Å². The van der Waals surface area contributed by atoms with E-state index in [2.05, 4.69) is 15.5 Å². The molecule has 0 radical (unpaired) electrons. The van der Waals surface area contributed by atoms with E-state index in [0.29, 0.717) is 23.9 Å². The number of amides is 1. The van der Waals surface area contributed by atoms with Crippen molar-refractivity contribution in [1.29, 1.82) is 0 Å². The Balaban J connectivity index is 1.47. The predicted molar refractivity (Wildman–Crippen MR) is 102 cm³/mol. The van der Waals surface area contributed by atoms with Gasteiger partial charge in [0.2, 0.25) is 15.9 Å². The molecular formula is C19H24N4O4S. The molecule has 0 unspecified atom stereocenters. The van der Waals surface area contributed by atoms with Gasteiger partial charge < -0.3 is 4.42 Å². The zero-order valence-electron chi connectivity index (χ0n) is 15.8. The maximum absolute atomic E-state index is 13.0. The molecule has 2 fully saturated rings. The minimum absolute atomic E-state index is 0.0416. The largest absolute Gasteiger partial charge is 0.408 e. The number of piperidine rings is 1. The first-order chi connectivity index (χ1) is 13.5. The summed E-state index contributed by atoms with van der Waals surface area (Å²) in [6.07, 6.45) is 5.68. The van der Waals surface area contributed by atoms with Gasteiger partial charge in [-0.2, -0.15) is 4.31 Å². The molecule has 1 saturated heterocycles. The molecule has 1 amide bonds. The van der Waals surface area contributed by atoms with Crippen LogP contribution in [0.5, 0.6) is 0 Å². The van der Waals surface area contributed by atoms with Crippen molar-refractivity contribution in [2.45, 2.75) is 62.3 Å². The molecule has 0 spiro atoms. The zero-order chi connectivity index (χ0) is 19.7. The summed E-state index contributed by atoms with van der Waals surface area (Å²) in [4.78, 5) is 12.6. The zero-order valence-corrected chi connectivity index (χ0v) is 16.6. The topological polar surface area (TPSA) is 105 Å². The van der Waals surface area contributed by atoms with Gasteiger partial charge in [-0.3, -0.25) is 10.1 Å². The number of hydrogen-bond donors (Lipinski definition) is 1. The van der Waals surface area contributed by atoms with Crippen LogP contribution in [0.3, 0.4) is 0 Å². The Bertz CT molecular complexity index is 951. The van der Waals surface area contributed by atoms with Crippen molar-refractivity contribution in [3.8, 4) is 0 Å². The Labute approximate surface area is 164 Å². The van der Waals surface area contributed by atoms with Gasteiger partial charge in [-0.05, 0) is 56.4 Å². The van der Waals surface area contributed by atoms with Gasteiger partial charge in [0, 0.05) is 24.1 Å². The van der Waals surface area contributed by atoms with Crippen LogP contribution in [0.2, 0.25) is 0 Å². The Morgan fingerprint density at radius 2 is 1.93 bits per heavy atom. The molecule has 1 aromatic carbocycles. The van der Waals surface area contributed by atoms with Gasteiger partial charge in [-0.25, -0.2) is 8.42 Å². The van der Waals surface area contributed by atoms with Crippen LogP contribution < -0.4 is 5.32 Å². The van der Waals surface area contributed by atoms with Gasteiger partial charge in [-0.1, -0.05) is 18.4 Å². The normalized spacial score (nSPS) is 20.8. The SMILES string of the molecule is CC[C@H]1CCCCN1S(=O)(=O)c1ccc(C(=O)Nc2nnc(C3CC3)o2)cc1. The summed E-state index contributed by atoms with van der Waals surface area (Å²) in [7, 11) is -3.56. The predicted octanol–water partition coefficient (Wildman–Crippen LogP) is 3.15. The van der Waals surface area contributed by atoms with Crippen molar-refractivity contribution in [2.24, 2.45) is 0 Å². The van der Waals surface area contributed by atoms with Crippen LogP contribution in [-0.2, 0) is 10.0 Å². The number of rotatable bonds is 6. The molecule has 150 valence electrons. The van der Waals surface area contributed by atoms with E-state index in [4.69, 9.17) is 4.42 Å². The number of nitrogens with zero attached hydrogens (tertiary/aromatic N) is 3. The highest BCUT2D eigenvalue weighted by Crippen LogP contribution is 2.39. The lowest BCUT2D eigenvalue weighted by Gasteiger charge is -2.34. The van der Waals surface area contributed by atoms with E-state index in [1.807, 2.05) is 6.92 Å². The van der Waals surface area contributed by atoms with Crippen molar-refractivity contribution in [1.82, 2.24) is 14.5 Å². The number of carbonyl (C=O) groups excluding carboxylic acids is 1.